The molecule has 1 heterocycles. The SMILES string of the molecule is CC(Cc1ccccc1F)C(=O)N1CCNC(C)C1C.Cl. The van der Waals surface area contributed by atoms with Gasteiger partial charge in [-0.15, -0.1) is 12.4 Å². The molecule has 118 valence electrons. The summed E-state index contributed by atoms with van der Waals surface area (Å²) < 4.78 is 13.7. The number of hydrogen-bond donors (Lipinski definition) is 1. The lowest BCUT2D eigenvalue weighted by molar-refractivity contribution is -0.138. The van der Waals surface area contributed by atoms with Crippen molar-refractivity contribution in [1.29, 1.82) is 0 Å². The van der Waals surface area contributed by atoms with E-state index in [1.807, 2.05) is 17.9 Å². The molecule has 1 N–H and O–H groups in total. The Kier molecular flexibility index (Phi) is 6.62. The zero-order valence-corrected chi connectivity index (χ0v) is 13.6. The smallest absolute Gasteiger partial charge is 0.226 e. The van der Waals surface area contributed by atoms with Crippen molar-refractivity contribution >= 4 is 18.3 Å². The number of amides is 1. The van der Waals surface area contributed by atoms with E-state index in [0.717, 1.165) is 13.1 Å². The van der Waals surface area contributed by atoms with Gasteiger partial charge in [-0.25, -0.2) is 4.39 Å². The number of rotatable bonds is 3. The summed E-state index contributed by atoms with van der Waals surface area (Å²) in [6, 6.07) is 7.16. The number of hydrogen-bond acceptors (Lipinski definition) is 2. The standard InChI is InChI=1S/C16H23FN2O.ClH/c1-11(10-14-6-4-5-7-15(14)17)16(20)19-9-8-18-12(2)13(19)3;/h4-7,11-13,18H,8-10H2,1-3H3;1H. The maximum atomic E-state index is 13.7. The van der Waals surface area contributed by atoms with Gasteiger partial charge in [0.1, 0.15) is 5.82 Å². The second-order valence-electron chi connectivity index (χ2n) is 5.71. The second kappa shape index (κ2) is 7.76. The third-order valence-electron chi connectivity index (χ3n) is 4.22. The summed E-state index contributed by atoms with van der Waals surface area (Å²) in [5.74, 6) is -0.303. The number of nitrogens with zero attached hydrogens (tertiary/aromatic N) is 1. The number of benzene rings is 1. The zero-order chi connectivity index (χ0) is 14.7. The molecule has 1 aliphatic rings. The van der Waals surface area contributed by atoms with Crippen molar-refractivity contribution in [2.75, 3.05) is 13.1 Å². The molecule has 21 heavy (non-hydrogen) atoms. The van der Waals surface area contributed by atoms with Crippen molar-refractivity contribution in [3.63, 3.8) is 0 Å². The quantitative estimate of drug-likeness (QED) is 0.930. The van der Waals surface area contributed by atoms with E-state index >= 15 is 0 Å². The Balaban J connectivity index is 0.00000220. The van der Waals surface area contributed by atoms with E-state index in [0.29, 0.717) is 18.0 Å². The molecule has 0 saturated carbocycles. The lowest BCUT2D eigenvalue weighted by Gasteiger charge is -2.40. The molecule has 3 atom stereocenters. The Labute approximate surface area is 132 Å². The summed E-state index contributed by atoms with van der Waals surface area (Å²) in [4.78, 5) is 14.5. The Morgan fingerprint density at radius 1 is 1.43 bits per heavy atom. The van der Waals surface area contributed by atoms with Crippen LogP contribution in [0.3, 0.4) is 0 Å². The van der Waals surface area contributed by atoms with E-state index in [4.69, 9.17) is 0 Å². The van der Waals surface area contributed by atoms with Crippen molar-refractivity contribution in [1.82, 2.24) is 10.2 Å². The fourth-order valence-electron chi connectivity index (χ4n) is 2.73. The van der Waals surface area contributed by atoms with Crippen LogP contribution in [0.1, 0.15) is 26.3 Å². The van der Waals surface area contributed by atoms with Gasteiger partial charge in [0.05, 0.1) is 0 Å². The highest BCUT2D eigenvalue weighted by Crippen LogP contribution is 2.18. The summed E-state index contributed by atoms with van der Waals surface area (Å²) in [5, 5.41) is 3.36. The maximum Gasteiger partial charge on any atom is 0.226 e. The molecule has 1 aliphatic heterocycles. The molecule has 0 radical (unpaired) electrons. The highest BCUT2D eigenvalue weighted by atomic mass is 35.5. The van der Waals surface area contributed by atoms with Crippen LogP contribution in [0, 0.1) is 11.7 Å². The van der Waals surface area contributed by atoms with Crippen molar-refractivity contribution < 1.29 is 9.18 Å². The molecule has 1 amide bonds. The van der Waals surface area contributed by atoms with Crippen LogP contribution < -0.4 is 5.32 Å². The van der Waals surface area contributed by atoms with Gasteiger partial charge in [-0.05, 0) is 31.9 Å². The Morgan fingerprint density at radius 3 is 2.76 bits per heavy atom. The minimum atomic E-state index is -0.228. The lowest BCUT2D eigenvalue weighted by atomic mass is 9.97. The van der Waals surface area contributed by atoms with Gasteiger partial charge < -0.3 is 10.2 Å². The summed E-state index contributed by atoms with van der Waals surface area (Å²) in [6.07, 6.45) is 0.455. The lowest BCUT2D eigenvalue weighted by Crippen LogP contribution is -2.58. The van der Waals surface area contributed by atoms with Crippen LogP contribution in [0.4, 0.5) is 4.39 Å². The van der Waals surface area contributed by atoms with Gasteiger partial charge in [-0.2, -0.15) is 0 Å². The average molecular weight is 315 g/mol. The Hall–Kier alpha value is -1.13. The zero-order valence-electron chi connectivity index (χ0n) is 12.8. The Morgan fingerprint density at radius 2 is 2.10 bits per heavy atom. The molecule has 0 spiro atoms. The minimum Gasteiger partial charge on any atom is -0.337 e. The van der Waals surface area contributed by atoms with Gasteiger partial charge in [-0.1, -0.05) is 25.1 Å². The molecule has 1 fully saturated rings. The fraction of sp³-hybridized carbons (Fsp3) is 0.562. The third-order valence-corrected chi connectivity index (χ3v) is 4.22. The van der Waals surface area contributed by atoms with E-state index in [1.54, 1.807) is 12.1 Å². The van der Waals surface area contributed by atoms with E-state index in [-0.39, 0.29) is 36.1 Å². The molecule has 3 unspecified atom stereocenters. The van der Waals surface area contributed by atoms with Crippen molar-refractivity contribution in [3.05, 3.63) is 35.6 Å². The largest absolute Gasteiger partial charge is 0.337 e. The maximum absolute atomic E-state index is 13.7. The third kappa shape index (κ3) is 4.17. The summed E-state index contributed by atoms with van der Waals surface area (Å²) in [5.41, 5.74) is 0.615. The number of halogens is 2. The van der Waals surface area contributed by atoms with Crippen LogP contribution in [0.25, 0.3) is 0 Å². The molecule has 0 aromatic heterocycles. The summed E-state index contributed by atoms with van der Waals surface area (Å²) in [6.45, 7) is 7.58. The van der Waals surface area contributed by atoms with Gasteiger partial charge in [0, 0.05) is 31.1 Å². The van der Waals surface area contributed by atoms with Crippen molar-refractivity contribution in [2.45, 2.75) is 39.3 Å². The van der Waals surface area contributed by atoms with E-state index in [1.165, 1.54) is 6.07 Å². The molecule has 1 aromatic rings. The van der Waals surface area contributed by atoms with Crippen LogP contribution in [0.2, 0.25) is 0 Å². The van der Waals surface area contributed by atoms with Gasteiger partial charge in [0.25, 0.3) is 0 Å². The Bertz CT molecular complexity index is 483. The number of carbonyl (C=O) groups is 1. The van der Waals surface area contributed by atoms with E-state index < -0.39 is 0 Å². The van der Waals surface area contributed by atoms with Gasteiger partial charge in [0.15, 0.2) is 0 Å². The normalized spacial score (nSPS) is 23.3. The topological polar surface area (TPSA) is 32.3 Å². The summed E-state index contributed by atoms with van der Waals surface area (Å²) >= 11 is 0. The highest BCUT2D eigenvalue weighted by molar-refractivity contribution is 5.85. The molecule has 1 aromatic carbocycles. The van der Waals surface area contributed by atoms with E-state index in [2.05, 4.69) is 19.2 Å². The molecular formula is C16H24ClFN2O. The van der Waals surface area contributed by atoms with Gasteiger partial charge >= 0.3 is 0 Å². The number of nitrogens with one attached hydrogen (secondary N) is 1. The first-order valence-electron chi connectivity index (χ1n) is 7.28. The molecule has 3 nitrogen and oxygen atoms in total. The first kappa shape index (κ1) is 17.9. The monoisotopic (exact) mass is 314 g/mol. The van der Waals surface area contributed by atoms with Crippen LogP contribution in [-0.4, -0.2) is 36.0 Å². The van der Waals surface area contributed by atoms with Gasteiger partial charge in [-0.3, -0.25) is 4.79 Å². The molecular weight excluding hydrogens is 291 g/mol. The molecule has 0 aliphatic carbocycles. The second-order valence-corrected chi connectivity index (χ2v) is 5.71. The first-order chi connectivity index (χ1) is 9.50. The minimum absolute atomic E-state index is 0. The highest BCUT2D eigenvalue weighted by Gasteiger charge is 2.30. The van der Waals surface area contributed by atoms with E-state index in [9.17, 15) is 9.18 Å². The summed E-state index contributed by atoms with van der Waals surface area (Å²) in [7, 11) is 0. The molecule has 1 saturated heterocycles. The van der Waals surface area contributed by atoms with Crippen molar-refractivity contribution in [2.24, 2.45) is 5.92 Å². The van der Waals surface area contributed by atoms with Gasteiger partial charge in [0.2, 0.25) is 5.91 Å². The fourth-order valence-corrected chi connectivity index (χ4v) is 2.73. The average Bonchev–Trinajstić information content (AvgIpc) is 2.43. The predicted octanol–water partition coefficient (Wildman–Crippen LogP) is 2.63. The number of piperazine rings is 1. The van der Waals surface area contributed by atoms with Crippen molar-refractivity contribution in [3.8, 4) is 0 Å². The molecule has 0 bridgehead atoms. The first-order valence-corrected chi connectivity index (χ1v) is 7.28. The molecule has 2 rings (SSSR count). The number of carbonyl (C=O) groups excluding carboxylic acids is 1. The van der Waals surface area contributed by atoms with Crippen LogP contribution in [0.15, 0.2) is 24.3 Å². The predicted molar refractivity (Wildman–Crippen MR) is 85.2 cm³/mol. The van der Waals surface area contributed by atoms with Crippen LogP contribution >= 0.6 is 12.4 Å². The van der Waals surface area contributed by atoms with Crippen LogP contribution in [-0.2, 0) is 11.2 Å². The van der Waals surface area contributed by atoms with Crippen LogP contribution in [0.5, 0.6) is 0 Å². The molecule has 5 heteroatoms.